The standard InChI is InChI=1S/C29H37N2O5/c1-30-12-11-25(26-5-3-4-6-27(26)30)9-7-24-8-10-28-29(23-24)36-22-21-35-20-19-34-18-17-33-16-15-32-14-13-31(28)2/h3-12,23H,13-22H2,1-2H3/q+1. The van der Waals surface area contributed by atoms with Crippen molar-refractivity contribution in [1.82, 2.24) is 0 Å². The molecule has 0 saturated carbocycles. The van der Waals surface area contributed by atoms with Crippen LogP contribution in [0.4, 0.5) is 5.69 Å². The Kier molecular flexibility index (Phi) is 10.1. The molecule has 1 aromatic heterocycles. The normalized spacial score (nSPS) is 17.3. The van der Waals surface area contributed by atoms with Gasteiger partial charge < -0.3 is 28.6 Å². The van der Waals surface area contributed by atoms with Gasteiger partial charge in [-0.2, -0.15) is 0 Å². The number of likely N-dealkylation sites (N-methyl/N-ethyl adjacent to an activating group) is 1. The molecular formula is C29H37N2O5+. The Labute approximate surface area is 213 Å². The summed E-state index contributed by atoms with van der Waals surface area (Å²) in [5.41, 5.74) is 4.47. The maximum absolute atomic E-state index is 6.18. The van der Waals surface area contributed by atoms with E-state index in [2.05, 4.69) is 90.4 Å². The Morgan fingerprint density at radius 2 is 1.42 bits per heavy atom. The highest BCUT2D eigenvalue weighted by Crippen LogP contribution is 2.30. The summed E-state index contributed by atoms with van der Waals surface area (Å²) in [6.07, 6.45) is 6.39. The highest BCUT2D eigenvalue weighted by Gasteiger charge is 2.11. The molecule has 0 aliphatic carbocycles. The zero-order chi connectivity index (χ0) is 25.0. The molecular weight excluding hydrogens is 456 g/mol. The summed E-state index contributed by atoms with van der Waals surface area (Å²) >= 11 is 0. The predicted molar refractivity (Wildman–Crippen MR) is 143 cm³/mol. The van der Waals surface area contributed by atoms with Crippen molar-refractivity contribution in [3.8, 4) is 5.75 Å². The molecule has 1 aliphatic heterocycles. The molecule has 1 aliphatic rings. The van der Waals surface area contributed by atoms with Gasteiger partial charge in [0.05, 0.1) is 63.9 Å². The highest BCUT2D eigenvalue weighted by atomic mass is 16.6. The van der Waals surface area contributed by atoms with Crippen LogP contribution in [0.2, 0.25) is 0 Å². The molecule has 0 atom stereocenters. The van der Waals surface area contributed by atoms with Crippen molar-refractivity contribution >= 4 is 28.7 Å². The average molecular weight is 494 g/mol. The Hall–Kier alpha value is -2.97. The van der Waals surface area contributed by atoms with Gasteiger partial charge in [-0.3, -0.25) is 0 Å². The highest BCUT2D eigenvalue weighted by molar-refractivity contribution is 5.88. The van der Waals surface area contributed by atoms with Crippen LogP contribution in [-0.2, 0) is 26.0 Å². The van der Waals surface area contributed by atoms with Gasteiger partial charge in [0.25, 0.3) is 0 Å². The molecule has 0 bridgehead atoms. The van der Waals surface area contributed by atoms with Gasteiger partial charge in [-0.05, 0) is 29.3 Å². The third-order valence-corrected chi connectivity index (χ3v) is 6.10. The minimum absolute atomic E-state index is 0.466. The molecule has 0 unspecified atom stereocenters. The first kappa shape index (κ1) is 26.1. The van der Waals surface area contributed by atoms with Crippen LogP contribution < -0.4 is 14.2 Å². The van der Waals surface area contributed by atoms with Crippen LogP contribution in [0, 0.1) is 0 Å². The van der Waals surface area contributed by atoms with Crippen molar-refractivity contribution < 1.29 is 28.3 Å². The van der Waals surface area contributed by atoms with Crippen molar-refractivity contribution in [3.63, 3.8) is 0 Å². The van der Waals surface area contributed by atoms with Crippen LogP contribution in [0.1, 0.15) is 11.1 Å². The van der Waals surface area contributed by atoms with E-state index in [1.165, 1.54) is 16.5 Å². The van der Waals surface area contributed by atoms with E-state index in [9.17, 15) is 0 Å². The van der Waals surface area contributed by atoms with E-state index >= 15 is 0 Å². The molecule has 0 spiro atoms. The van der Waals surface area contributed by atoms with Crippen LogP contribution in [0.3, 0.4) is 0 Å². The fraction of sp³-hybridized carbons (Fsp3) is 0.414. The maximum atomic E-state index is 6.18. The smallest absolute Gasteiger partial charge is 0.212 e. The number of para-hydroxylation sites is 1. The Morgan fingerprint density at radius 3 is 2.17 bits per heavy atom. The molecule has 36 heavy (non-hydrogen) atoms. The zero-order valence-corrected chi connectivity index (χ0v) is 21.4. The average Bonchev–Trinajstić information content (AvgIpc) is 2.90. The van der Waals surface area contributed by atoms with Crippen molar-refractivity contribution in [3.05, 3.63) is 65.9 Å². The van der Waals surface area contributed by atoms with Gasteiger partial charge in [0.1, 0.15) is 19.4 Å². The van der Waals surface area contributed by atoms with Gasteiger partial charge in [-0.25, -0.2) is 4.57 Å². The third kappa shape index (κ3) is 7.51. The minimum Gasteiger partial charge on any atom is -0.489 e. The van der Waals surface area contributed by atoms with E-state index in [0.29, 0.717) is 59.5 Å². The lowest BCUT2D eigenvalue weighted by molar-refractivity contribution is -0.644. The number of aryl methyl sites for hydroxylation is 1. The first-order chi connectivity index (χ1) is 17.7. The third-order valence-electron chi connectivity index (χ3n) is 6.10. The lowest BCUT2D eigenvalue weighted by Gasteiger charge is -2.23. The Balaban J connectivity index is 1.50. The zero-order valence-electron chi connectivity index (χ0n) is 21.4. The Morgan fingerprint density at radius 1 is 0.750 bits per heavy atom. The Bertz CT molecular complexity index is 1130. The van der Waals surface area contributed by atoms with E-state index < -0.39 is 0 Å². The van der Waals surface area contributed by atoms with Gasteiger partial charge in [0.15, 0.2) is 6.20 Å². The van der Waals surface area contributed by atoms with Crippen molar-refractivity contribution in [2.45, 2.75) is 0 Å². The molecule has 7 heteroatoms. The number of aromatic nitrogens is 1. The molecule has 0 saturated heterocycles. The van der Waals surface area contributed by atoms with E-state index in [-0.39, 0.29) is 0 Å². The lowest BCUT2D eigenvalue weighted by Crippen LogP contribution is -2.28. The van der Waals surface area contributed by atoms with Crippen molar-refractivity contribution in [2.24, 2.45) is 7.05 Å². The van der Waals surface area contributed by atoms with Gasteiger partial charge in [-0.1, -0.05) is 30.4 Å². The summed E-state index contributed by atoms with van der Waals surface area (Å²) in [5.74, 6) is 0.827. The van der Waals surface area contributed by atoms with E-state index in [1.54, 1.807) is 0 Å². The monoisotopic (exact) mass is 493 g/mol. The molecule has 4 rings (SSSR count). The SMILES string of the molecule is CN1CCOCCOCCOCCOCCOc2cc(/C=C/c3cc[n+](C)c4ccccc34)ccc21. The number of pyridine rings is 1. The van der Waals surface area contributed by atoms with Crippen LogP contribution in [0.25, 0.3) is 23.1 Å². The number of anilines is 1. The number of hydrogen-bond donors (Lipinski definition) is 0. The fourth-order valence-corrected chi connectivity index (χ4v) is 4.08. The van der Waals surface area contributed by atoms with Crippen LogP contribution in [-0.4, -0.2) is 73.1 Å². The van der Waals surface area contributed by atoms with E-state index in [0.717, 1.165) is 23.5 Å². The summed E-state index contributed by atoms with van der Waals surface area (Å²) in [6.45, 7) is 5.65. The van der Waals surface area contributed by atoms with E-state index in [4.69, 9.17) is 23.7 Å². The number of benzene rings is 2. The molecule has 192 valence electrons. The van der Waals surface area contributed by atoms with Crippen LogP contribution in [0.5, 0.6) is 5.75 Å². The molecule has 2 heterocycles. The molecule has 3 aromatic rings. The second-order valence-corrected chi connectivity index (χ2v) is 8.68. The summed E-state index contributed by atoms with van der Waals surface area (Å²) in [5, 5.41) is 1.22. The minimum atomic E-state index is 0.466. The van der Waals surface area contributed by atoms with Crippen molar-refractivity contribution in [2.75, 3.05) is 78.0 Å². The topological polar surface area (TPSA) is 53.3 Å². The quantitative estimate of drug-likeness (QED) is 0.507. The largest absolute Gasteiger partial charge is 0.489 e. The number of ether oxygens (including phenoxy) is 5. The van der Waals surface area contributed by atoms with Crippen LogP contribution >= 0.6 is 0 Å². The predicted octanol–water partition coefficient (Wildman–Crippen LogP) is 3.73. The molecule has 7 nitrogen and oxygen atoms in total. The maximum Gasteiger partial charge on any atom is 0.212 e. The second kappa shape index (κ2) is 13.9. The number of fused-ring (bicyclic) bond motifs is 2. The lowest BCUT2D eigenvalue weighted by atomic mass is 10.1. The molecule has 0 N–H and O–H groups in total. The van der Waals surface area contributed by atoms with Gasteiger partial charge in [-0.15, -0.1) is 0 Å². The van der Waals surface area contributed by atoms with Crippen molar-refractivity contribution in [1.29, 1.82) is 0 Å². The molecule has 0 amide bonds. The fourth-order valence-electron chi connectivity index (χ4n) is 4.08. The van der Waals surface area contributed by atoms with Gasteiger partial charge in [0, 0.05) is 25.7 Å². The summed E-state index contributed by atoms with van der Waals surface area (Å²) in [4.78, 5) is 2.16. The van der Waals surface area contributed by atoms with Crippen LogP contribution in [0.15, 0.2) is 54.7 Å². The van der Waals surface area contributed by atoms with Gasteiger partial charge in [0.2, 0.25) is 5.52 Å². The number of hydrogen-bond acceptors (Lipinski definition) is 6. The summed E-state index contributed by atoms with van der Waals surface area (Å²) < 4.78 is 30.8. The summed E-state index contributed by atoms with van der Waals surface area (Å²) in [6, 6.07) is 16.9. The molecule has 0 fully saturated rings. The molecule has 2 aromatic carbocycles. The first-order valence-electron chi connectivity index (χ1n) is 12.6. The van der Waals surface area contributed by atoms with Gasteiger partial charge >= 0.3 is 0 Å². The molecule has 0 radical (unpaired) electrons. The first-order valence-corrected chi connectivity index (χ1v) is 12.6. The van der Waals surface area contributed by atoms with E-state index in [1.807, 2.05) is 0 Å². The number of nitrogens with zero attached hydrogens (tertiary/aromatic N) is 2. The second-order valence-electron chi connectivity index (χ2n) is 8.68. The number of rotatable bonds is 2. The summed E-state index contributed by atoms with van der Waals surface area (Å²) in [7, 11) is 4.12.